The van der Waals surface area contributed by atoms with Gasteiger partial charge < -0.3 is 9.51 Å². The van der Waals surface area contributed by atoms with Gasteiger partial charge in [0.05, 0.1) is 5.56 Å². The molecule has 1 aliphatic rings. The standard InChI is InChI=1S/C13H15N3O2/c17-11-7-6-10(8-14-11)13-15-12(16-18-13)9-4-2-1-3-5-9/h6-9H,1-5H2,(H,14,17). The van der Waals surface area contributed by atoms with E-state index in [1.165, 1.54) is 25.3 Å². The Morgan fingerprint density at radius 3 is 2.78 bits per heavy atom. The van der Waals surface area contributed by atoms with Gasteiger partial charge in [-0.25, -0.2) is 0 Å². The molecule has 0 unspecified atom stereocenters. The minimum absolute atomic E-state index is 0.134. The van der Waals surface area contributed by atoms with Crippen LogP contribution in [0.15, 0.2) is 27.6 Å². The molecule has 94 valence electrons. The molecule has 0 atom stereocenters. The van der Waals surface area contributed by atoms with E-state index >= 15 is 0 Å². The van der Waals surface area contributed by atoms with Gasteiger partial charge in [-0.15, -0.1) is 0 Å². The molecule has 0 saturated heterocycles. The van der Waals surface area contributed by atoms with Crippen LogP contribution in [0, 0.1) is 0 Å². The van der Waals surface area contributed by atoms with Crippen LogP contribution < -0.4 is 5.56 Å². The predicted molar refractivity (Wildman–Crippen MR) is 66.2 cm³/mol. The highest BCUT2D eigenvalue weighted by molar-refractivity contribution is 5.50. The summed E-state index contributed by atoms with van der Waals surface area (Å²) in [6.07, 6.45) is 7.68. The SMILES string of the molecule is O=c1ccc(-c2nc(C3CCCCC3)no2)c[nH]1. The molecule has 0 radical (unpaired) electrons. The summed E-state index contributed by atoms with van der Waals surface area (Å²) >= 11 is 0. The zero-order valence-corrected chi connectivity index (χ0v) is 10.1. The van der Waals surface area contributed by atoms with Crippen molar-refractivity contribution in [1.82, 2.24) is 15.1 Å². The van der Waals surface area contributed by atoms with E-state index in [1.807, 2.05) is 0 Å². The number of aromatic amines is 1. The fourth-order valence-corrected chi connectivity index (χ4v) is 2.42. The summed E-state index contributed by atoms with van der Waals surface area (Å²) in [4.78, 5) is 18.0. The van der Waals surface area contributed by atoms with E-state index in [0.29, 0.717) is 11.8 Å². The maximum Gasteiger partial charge on any atom is 0.259 e. The summed E-state index contributed by atoms with van der Waals surface area (Å²) in [6.45, 7) is 0. The van der Waals surface area contributed by atoms with Crippen molar-refractivity contribution >= 4 is 0 Å². The van der Waals surface area contributed by atoms with Gasteiger partial charge in [0.25, 0.3) is 5.89 Å². The van der Waals surface area contributed by atoms with Gasteiger partial charge in [0.15, 0.2) is 5.82 Å². The molecule has 1 fully saturated rings. The van der Waals surface area contributed by atoms with Gasteiger partial charge >= 0.3 is 0 Å². The van der Waals surface area contributed by atoms with E-state index in [1.54, 1.807) is 12.3 Å². The van der Waals surface area contributed by atoms with E-state index in [2.05, 4.69) is 15.1 Å². The third kappa shape index (κ3) is 2.20. The number of rotatable bonds is 2. The summed E-state index contributed by atoms with van der Waals surface area (Å²) in [5, 5.41) is 4.06. The lowest BCUT2D eigenvalue weighted by Gasteiger charge is -2.17. The fraction of sp³-hybridized carbons (Fsp3) is 0.462. The Bertz CT molecular complexity index is 561. The lowest BCUT2D eigenvalue weighted by atomic mass is 9.89. The van der Waals surface area contributed by atoms with Crippen LogP contribution in [0.25, 0.3) is 11.5 Å². The topological polar surface area (TPSA) is 71.8 Å². The molecular weight excluding hydrogens is 230 g/mol. The van der Waals surface area contributed by atoms with Crippen molar-refractivity contribution in [1.29, 1.82) is 0 Å². The van der Waals surface area contributed by atoms with Crippen LogP contribution in [0.3, 0.4) is 0 Å². The van der Waals surface area contributed by atoms with Crippen LogP contribution in [0.4, 0.5) is 0 Å². The second kappa shape index (κ2) is 4.76. The molecule has 18 heavy (non-hydrogen) atoms. The van der Waals surface area contributed by atoms with Gasteiger partial charge in [0, 0.05) is 18.2 Å². The highest BCUT2D eigenvalue weighted by Crippen LogP contribution is 2.31. The van der Waals surface area contributed by atoms with Crippen molar-refractivity contribution in [3.05, 3.63) is 34.5 Å². The normalized spacial score (nSPS) is 16.9. The average molecular weight is 245 g/mol. The van der Waals surface area contributed by atoms with E-state index in [0.717, 1.165) is 24.2 Å². The van der Waals surface area contributed by atoms with Gasteiger partial charge in [-0.1, -0.05) is 24.4 Å². The first kappa shape index (κ1) is 11.2. The van der Waals surface area contributed by atoms with Crippen LogP contribution in [0.5, 0.6) is 0 Å². The number of hydrogen-bond acceptors (Lipinski definition) is 4. The zero-order chi connectivity index (χ0) is 12.4. The largest absolute Gasteiger partial charge is 0.334 e. The second-order valence-electron chi connectivity index (χ2n) is 4.73. The highest BCUT2D eigenvalue weighted by Gasteiger charge is 2.21. The van der Waals surface area contributed by atoms with Crippen molar-refractivity contribution < 1.29 is 4.52 Å². The third-order valence-corrected chi connectivity index (χ3v) is 3.44. The molecule has 2 heterocycles. The maximum atomic E-state index is 11.0. The molecular formula is C13H15N3O2. The molecule has 3 rings (SSSR count). The molecule has 5 heteroatoms. The minimum Gasteiger partial charge on any atom is -0.334 e. The minimum atomic E-state index is -0.134. The maximum absolute atomic E-state index is 11.0. The summed E-state index contributed by atoms with van der Waals surface area (Å²) in [5.41, 5.74) is 0.620. The Labute approximate surface area is 104 Å². The zero-order valence-electron chi connectivity index (χ0n) is 10.1. The van der Waals surface area contributed by atoms with Gasteiger partial charge in [-0.05, 0) is 18.9 Å². The molecule has 0 bridgehead atoms. The van der Waals surface area contributed by atoms with Crippen LogP contribution in [-0.2, 0) is 0 Å². The first-order valence-electron chi connectivity index (χ1n) is 6.35. The molecule has 0 amide bonds. The van der Waals surface area contributed by atoms with E-state index in [4.69, 9.17) is 4.52 Å². The van der Waals surface area contributed by atoms with Crippen LogP contribution in [-0.4, -0.2) is 15.1 Å². The summed E-state index contributed by atoms with van der Waals surface area (Å²) in [6, 6.07) is 3.15. The summed E-state index contributed by atoms with van der Waals surface area (Å²) in [7, 11) is 0. The average Bonchev–Trinajstić information content (AvgIpc) is 2.90. The van der Waals surface area contributed by atoms with E-state index in [-0.39, 0.29) is 5.56 Å². The fourth-order valence-electron chi connectivity index (χ4n) is 2.42. The molecule has 1 saturated carbocycles. The Hall–Kier alpha value is -1.91. The van der Waals surface area contributed by atoms with Gasteiger partial charge in [-0.2, -0.15) is 4.98 Å². The quantitative estimate of drug-likeness (QED) is 0.882. The lowest BCUT2D eigenvalue weighted by molar-refractivity contribution is 0.385. The Morgan fingerprint density at radius 1 is 1.22 bits per heavy atom. The van der Waals surface area contributed by atoms with Gasteiger partial charge in [-0.3, -0.25) is 4.79 Å². The van der Waals surface area contributed by atoms with Crippen LogP contribution in [0.1, 0.15) is 43.8 Å². The number of aromatic nitrogens is 3. The van der Waals surface area contributed by atoms with Crippen molar-refractivity contribution in [2.45, 2.75) is 38.0 Å². The number of nitrogens with one attached hydrogen (secondary N) is 1. The van der Waals surface area contributed by atoms with Crippen LogP contribution >= 0.6 is 0 Å². The Kier molecular flexibility index (Phi) is 2.96. The van der Waals surface area contributed by atoms with Crippen molar-refractivity contribution in [2.24, 2.45) is 0 Å². The number of H-pyrrole nitrogens is 1. The summed E-state index contributed by atoms with van der Waals surface area (Å²) in [5.74, 6) is 1.71. The molecule has 0 aliphatic heterocycles. The third-order valence-electron chi connectivity index (χ3n) is 3.44. The molecule has 2 aromatic heterocycles. The van der Waals surface area contributed by atoms with Crippen molar-refractivity contribution in [2.75, 3.05) is 0 Å². The van der Waals surface area contributed by atoms with E-state index < -0.39 is 0 Å². The molecule has 1 aliphatic carbocycles. The second-order valence-corrected chi connectivity index (χ2v) is 4.73. The van der Waals surface area contributed by atoms with Gasteiger partial charge in [0.1, 0.15) is 0 Å². The molecule has 0 spiro atoms. The first-order valence-corrected chi connectivity index (χ1v) is 6.35. The first-order chi connectivity index (χ1) is 8.83. The smallest absolute Gasteiger partial charge is 0.259 e. The number of hydrogen-bond donors (Lipinski definition) is 1. The number of pyridine rings is 1. The highest BCUT2D eigenvalue weighted by atomic mass is 16.5. The Balaban J connectivity index is 1.84. The molecule has 5 nitrogen and oxygen atoms in total. The van der Waals surface area contributed by atoms with E-state index in [9.17, 15) is 4.79 Å². The van der Waals surface area contributed by atoms with Gasteiger partial charge in [0.2, 0.25) is 5.56 Å². The molecule has 1 N–H and O–H groups in total. The molecule has 0 aromatic carbocycles. The summed E-state index contributed by atoms with van der Waals surface area (Å²) < 4.78 is 5.26. The predicted octanol–water partition coefficient (Wildman–Crippen LogP) is 2.47. The van der Waals surface area contributed by atoms with Crippen LogP contribution in [0.2, 0.25) is 0 Å². The van der Waals surface area contributed by atoms with Crippen molar-refractivity contribution in [3.8, 4) is 11.5 Å². The van der Waals surface area contributed by atoms with Crippen molar-refractivity contribution in [3.63, 3.8) is 0 Å². The Morgan fingerprint density at radius 2 is 2.06 bits per heavy atom. The lowest BCUT2D eigenvalue weighted by Crippen LogP contribution is -2.06. The number of nitrogens with zero attached hydrogens (tertiary/aromatic N) is 2. The monoisotopic (exact) mass is 245 g/mol. The molecule has 2 aromatic rings.